The summed E-state index contributed by atoms with van der Waals surface area (Å²) in [4.78, 5) is 11.4. The minimum absolute atomic E-state index is 0.528. The highest BCUT2D eigenvalue weighted by Crippen LogP contribution is 2.21. The summed E-state index contributed by atoms with van der Waals surface area (Å²) in [5.41, 5.74) is 3.19. The van der Waals surface area contributed by atoms with E-state index in [-0.39, 0.29) is 0 Å². The Balaban J connectivity index is 2.04. The van der Waals surface area contributed by atoms with Crippen LogP contribution < -0.4 is 20.3 Å². The third-order valence-electron chi connectivity index (χ3n) is 4.41. The van der Waals surface area contributed by atoms with Crippen LogP contribution in [0.5, 0.6) is 5.75 Å². The van der Waals surface area contributed by atoms with Gasteiger partial charge in [-0.3, -0.25) is 0 Å². The van der Waals surface area contributed by atoms with Crippen LogP contribution in [0, 0.1) is 6.92 Å². The molecule has 0 aliphatic carbocycles. The molecule has 0 saturated heterocycles. The number of aliphatic imine (C=N–C) groups is 1. The lowest BCUT2D eigenvalue weighted by molar-refractivity contribution is 0.172. The zero-order valence-electron chi connectivity index (χ0n) is 18.9. The van der Waals surface area contributed by atoms with Crippen molar-refractivity contribution in [1.82, 2.24) is 15.6 Å². The van der Waals surface area contributed by atoms with Gasteiger partial charge < -0.3 is 25.0 Å². The summed E-state index contributed by atoms with van der Waals surface area (Å²) >= 11 is 0. The quantitative estimate of drug-likeness (QED) is 0.335. The van der Waals surface area contributed by atoms with E-state index < -0.39 is 0 Å². The van der Waals surface area contributed by atoms with Crippen molar-refractivity contribution in [2.24, 2.45) is 4.99 Å². The summed E-state index contributed by atoms with van der Waals surface area (Å²) in [7, 11) is 5.68. The monoisotopic (exact) mass is 413 g/mol. The molecule has 0 atom stereocenters. The van der Waals surface area contributed by atoms with Gasteiger partial charge in [-0.05, 0) is 37.6 Å². The molecule has 0 saturated carbocycles. The summed E-state index contributed by atoms with van der Waals surface area (Å²) in [6, 6.07) is 12.3. The van der Waals surface area contributed by atoms with Crippen molar-refractivity contribution in [1.29, 1.82) is 0 Å². The molecule has 2 N–H and O–H groups in total. The number of nitrogens with zero attached hydrogens (tertiary/aromatic N) is 3. The first-order valence-corrected chi connectivity index (χ1v) is 10.4. The molecular weight excluding hydrogens is 378 g/mol. The lowest BCUT2D eigenvalue weighted by Crippen LogP contribution is -2.37. The molecule has 164 valence electrons. The molecule has 0 fully saturated rings. The van der Waals surface area contributed by atoms with Crippen molar-refractivity contribution in [3.05, 3.63) is 53.2 Å². The number of anilines is 1. The van der Waals surface area contributed by atoms with Crippen LogP contribution >= 0.6 is 0 Å². The highest BCUT2D eigenvalue weighted by Gasteiger charge is 2.06. The molecule has 30 heavy (non-hydrogen) atoms. The van der Waals surface area contributed by atoms with Crippen molar-refractivity contribution in [3.8, 4) is 5.75 Å². The second kappa shape index (κ2) is 12.7. The molecule has 0 amide bonds. The molecule has 1 aromatic carbocycles. The molecule has 0 aliphatic heterocycles. The lowest BCUT2D eigenvalue weighted by Gasteiger charge is -2.15. The minimum atomic E-state index is 0.528. The maximum absolute atomic E-state index is 5.97. The fourth-order valence-electron chi connectivity index (χ4n) is 2.81. The minimum Gasteiger partial charge on any atom is -0.493 e. The average molecular weight is 414 g/mol. The van der Waals surface area contributed by atoms with Crippen LogP contribution in [-0.2, 0) is 17.8 Å². The smallest absolute Gasteiger partial charge is 0.191 e. The topological polar surface area (TPSA) is 71.0 Å². The third kappa shape index (κ3) is 7.91. The van der Waals surface area contributed by atoms with E-state index in [1.54, 1.807) is 7.11 Å². The van der Waals surface area contributed by atoms with Crippen LogP contribution in [0.15, 0.2) is 41.4 Å². The molecule has 1 aromatic heterocycles. The van der Waals surface area contributed by atoms with Gasteiger partial charge in [0.2, 0.25) is 0 Å². The molecular formula is C23H35N5O2. The first-order valence-electron chi connectivity index (χ1n) is 10.4. The zero-order chi connectivity index (χ0) is 21.8. The van der Waals surface area contributed by atoms with Crippen LogP contribution in [0.2, 0.25) is 0 Å². The van der Waals surface area contributed by atoms with E-state index in [0.717, 1.165) is 41.7 Å². The van der Waals surface area contributed by atoms with Crippen LogP contribution in [0.4, 0.5) is 5.82 Å². The fraction of sp³-hybridized carbons (Fsp3) is 0.478. The maximum atomic E-state index is 5.97. The van der Waals surface area contributed by atoms with Gasteiger partial charge in [0.25, 0.3) is 0 Å². The summed E-state index contributed by atoms with van der Waals surface area (Å²) in [6.45, 7) is 7.35. The zero-order valence-corrected chi connectivity index (χ0v) is 18.9. The second-order valence-corrected chi connectivity index (χ2v) is 7.24. The van der Waals surface area contributed by atoms with Crippen LogP contribution in [0.3, 0.4) is 0 Å². The number of aromatic nitrogens is 1. The Morgan fingerprint density at radius 2 is 1.97 bits per heavy atom. The van der Waals surface area contributed by atoms with E-state index in [4.69, 9.17) is 14.5 Å². The standard InChI is InChI=1S/C23H35N5O2/c1-6-24-23(26-17-20-9-7-10-22(27-20)28(3)4)25-16-19-12-11-18(2)15-21(19)30-14-8-13-29-5/h7,9-12,15H,6,8,13-14,16-17H2,1-5H3,(H2,24,25,26). The van der Waals surface area contributed by atoms with Crippen molar-refractivity contribution in [3.63, 3.8) is 0 Å². The van der Waals surface area contributed by atoms with Crippen molar-refractivity contribution in [2.45, 2.75) is 33.4 Å². The molecule has 7 nitrogen and oxygen atoms in total. The highest BCUT2D eigenvalue weighted by molar-refractivity contribution is 5.79. The maximum Gasteiger partial charge on any atom is 0.191 e. The third-order valence-corrected chi connectivity index (χ3v) is 4.41. The van der Waals surface area contributed by atoms with E-state index in [1.807, 2.05) is 37.2 Å². The summed E-state index contributed by atoms with van der Waals surface area (Å²) in [5.74, 6) is 2.57. The van der Waals surface area contributed by atoms with Gasteiger partial charge in [0.05, 0.1) is 25.4 Å². The Kier molecular flexibility index (Phi) is 9.94. The number of hydrogen-bond acceptors (Lipinski definition) is 5. The van der Waals surface area contributed by atoms with Crippen LogP contribution in [0.1, 0.15) is 30.2 Å². The molecule has 0 aliphatic rings. The number of benzene rings is 1. The van der Waals surface area contributed by atoms with E-state index in [0.29, 0.717) is 26.3 Å². The predicted octanol–water partition coefficient (Wildman–Crippen LogP) is 3.13. The fourth-order valence-corrected chi connectivity index (χ4v) is 2.81. The Hall–Kier alpha value is -2.80. The number of guanidine groups is 1. The van der Waals surface area contributed by atoms with Gasteiger partial charge in [-0.25, -0.2) is 9.98 Å². The molecule has 0 bridgehead atoms. The van der Waals surface area contributed by atoms with Crippen LogP contribution in [0.25, 0.3) is 0 Å². The van der Waals surface area contributed by atoms with E-state index in [9.17, 15) is 0 Å². The number of pyridine rings is 1. The highest BCUT2D eigenvalue weighted by atomic mass is 16.5. The molecule has 0 spiro atoms. The van der Waals surface area contributed by atoms with E-state index >= 15 is 0 Å². The number of methoxy groups -OCH3 is 1. The number of aryl methyl sites for hydroxylation is 1. The van der Waals surface area contributed by atoms with E-state index in [2.05, 4.69) is 47.7 Å². The van der Waals surface area contributed by atoms with Gasteiger partial charge in [-0.15, -0.1) is 0 Å². The number of ether oxygens (including phenoxy) is 2. The molecule has 2 rings (SSSR count). The molecule has 0 unspecified atom stereocenters. The average Bonchev–Trinajstić information content (AvgIpc) is 2.74. The summed E-state index contributed by atoms with van der Waals surface area (Å²) < 4.78 is 11.1. The largest absolute Gasteiger partial charge is 0.493 e. The number of rotatable bonds is 11. The molecule has 7 heteroatoms. The van der Waals surface area contributed by atoms with Gasteiger partial charge >= 0.3 is 0 Å². The second-order valence-electron chi connectivity index (χ2n) is 7.24. The Morgan fingerprint density at radius 1 is 1.13 bits per heavy atom. The normalized spacial score (nSPS) is 11.3. The van der Waals surface area contributed by atoms with Gasteiger partial charge in [-0.1, -0.05) is 18.2 Å². The van der Waals surface area contributed by atoms with E-state index in [1.165, 1.54) is 5.56 Å². The van der Waals surface area contributed by atoms with Gasteiger partial charge in [0, 0.05) is 46.3 Å². The summed E-state index contributed by atoms with van der Waals surface area (Å²) in [5, 5.41) is 6.66. The SMILES string of the molecule is CCNC(=NCc1ccc(C)cc1OCCCOC)NCc1cccc(N(C)C)n1. The predicted molar refractivity (Wildman–Crippen MR) is 123 cm³/mol. The first-order chi connectivity index (χ1) is 14.5. The summed E-state index contributed by atoms with van der Waals surface area (Å²) in [6.07, 6.45) is 0.857. The van der Waals surface area contributed by atoms with Gasteiger partial charge in [-0.2, -0.15) is 0 Å². The van der Waals surface area contributed by atoms with Crippen LogP contribution in [-0.4, -0.2) is 51.9 Å². The van der Waals surface area contributed by atoms with Gasteiger partial charge in [0.1, 0.15) is 11.6 Å². The number of nitrogens with one attached hydrogen (secondary N) is 2. The van der Waals surface area contributed by atoms with Gasteiger partial charge in [0.15, 0.2) is 5.96 Å². The van der Waals surface area contributed by atoms with Crippen molar-refractivity contribution >= 4 is 11.8 Å². The molecule has 1 heterocycles. The Morgan fingerprint density at radius 3 is 2.70 bits per heavy atom. The molecule has 2 aromatic rings. The van der Waals surface area contributed by atoms with Crippen molar-refractivity contribution < 1.29 is 9.47 Å². The van der Waals surface area contributed by atoms with Crippen molar-refractivity contribution in [2.75, 3.05) is 45.9 Å². The Bertz CT molecular complexity index is 808. The Labute approximate surface area is 180 Å². The molecule has 0 radical (unpaired) electrons. The first kappa shape index (κ1) is 23.5. The number of hydrogen-bond donors (Lipinski definition) is 2. The lowest BCUT2D eigenvalue weighted by atomic mass is 10.1.